The zero-order valence-electron chi connectivity index (χ0n) is 15.6. The van der Waals surface area contributed by atoms with Crippen LogP contribution in [0.5, 0.6) is 5.75 Å². The summed E-state index contributed by atoms with van der Waals surface area (Å²) in [5.41, 5.74) is 5.32. The Morgan fingerprint density at radius 1 is 1.08 bits per heavy atom. The molecule has 2 aromatic carbocycles. The monoisotopic (exact) mass is 354 g/mol. The maximum Gasteiger partial charge on any atom is 0.224 e. The van der Waals surface area contributed by atoms with E-state index in [0.717, 1.165) is 18.4 Å². The highest BCUT2D eigenvalue weighted by Crippen LogP contribution is 2.25. The van der Waals surface area contributed by atoms with Crippen LogP contribution in [0.2, 0.25) is 0 Å². The van der Waals surface area contributed by atoms with Gasteiger partial charge in [-0.25, -0.2) is 0 Å². The van der Waals surface area contributed by atoms with Crippen molar-refractivity contribution in [2.75, 3.05) is 19.0 Å². The van der Waals surface area contributed by atoms with E-state index >= 15 is 0 Å². The molecule has 0 saturated carbocycles. The molecule has 0 aromatic heterocycles. The van der Waals surface area contributed by atoms with Gasteiger partial charge in [0.2, 0.25) is 12.3 Å². The lowest BCUT2D eigenvalue weighted by molar-refractivity contribution is -0.120. The number of carbonyl (C=O) groups is 2. The molecule has 2 rings (SSSR count). The number of anilines is 1. The number of aryl methyl sites for hydroxylation is 3. The molecule has 26 heavy (non-hydrogen) atoms. The second-order valence-corrected chi connectivity index (χ2v) is 6.35. The van der Waals surface area contributed by atoms with Gasteiger partial charge >= 0.3 is 0 Å². The van der Waals surface area contributed by atoms with E-state index in [1.807, 2.05) is 6.07 Å². The van der Waals surface area contributed by atoms with Crippen LogP contribution in [0.4, 0.5) is 5.69 Å². The molecule has 5 nitrogen and oxygen atoms in total. The Kier molecular flexibility index (Phi) is 7.21. The summed E-state index contributed by atoms with van der Waals surface area (Å²) in [5, 5.41) is 5.52. The molecule has 0 aliphatic heterocycles. The van der Waals surface area contributed by atoms with Gasteiger partial charge in [0.05, 0.1) is 19.2 Å². The number of ether oxygens (including phenoxy) is 1. The number of hydrogen-bond donors (Lipinski definition) is 2. The standard InChI is InChI=1S/C21H26N2O3/c1-15-6-7-17(11-16(15)2)5-4-10-22-21(25)13-18-8-9-19(23-14-24)20(12-18)26-3/h6-9,11-12,14H,4-5,10,13H2,1-3H3,(H,22,25)(H,23,24). The highest BCUT2D eigenvalue weighted by atomic mass is 16.5. The van der Waals surface area contributed by atoms with Crippen molar-refractivity contribution in [3.05, 3.63) is 58.7 Å². The minimum atomic E-state index is -0.0248. The maximum absolute atomic E-state index is 12.1. The Morgan fingerprint density at radius 2 is 1.85 bits per heavy atom. The van der Waals surface area contributed by atoms with Crippen molar-refractivity contribution in [2.24, 2.45) is 0 Å². The van der Waals surface area contributed by atoms with Crippen molar-refractivity contribution in [3.8, 4) is 5.75 Å². The van der Waals surface area contributed by atoms with Crippen molar-refractivity contribution >= 4 is 18.0 Å². The lowest BCUT2D eigenvalue weighted by Gasteiger charge is -2.10. The van der Waals surface area contributed by atoms with Crippen molar-refractivity contribution in [2.45, 2.75) is 33.1 Å². The topological polar surface area (TPSA) is 67.4 Å². The molecule has 2 amide bonds. The van der Waals surface area contributed by atoms with E-state index in [1.54, 1.807) is 12.1 Å². The first-order chi connectivity index (χ1) is 12.5. The average molecular weight is 354 g/mol. The minimum absolute atomic E-state index is 0.0248. The number of nitrogens with one attached hydrogen (secondary N) is 2. The number of methoxy groups -OCH3 is 1. The van der Waals surface area contributed by atoms with Gasteiger partial charge in [-0.3, -0.25) is 9.59 Å². The molecule has 0 atom stereocenters. The van der Waals surface area contributed by atoms with Crippen LogP contribution < -0.4 is 15.4 Å². The van der Waals surface area contributed by atoms with Crippen molar-refractivity contribution in [1.29, 1.82) is 0 Å². The lowest BCUT2D eigenvalue weighted by atomic mass is 10.0. The number of benzene rings is 2. The molecule has 2 aromatic rings. The van der Waals surface area contributed by atoms with E-state index in [9.17, 15) is 9.59 Å². The van der Waals surface area contributed by atoms with Crippen molar-refractivity contribution < 1.29 is 14.3 Å². The van der Waals surface area contributed by atoms with Gasteiger partial charge in [-0.1, -0.05) is 24.3 Å². The summed E-state index contributed by atoms with van der Waals surface area (Å²) in [4.78, 5) is 22.7. The van der Waals surface area contributed by atoms with Crippen LogP contribution >= 0.6 is 0 Å². The predicted octanol–water partition coefficient (Wildman–Crippen LogP) is 3.17. The van der Waals surface area contributed by atoms with Crippen LogP contribution in [0.3, 0.4) is 0 Å². The molecule has 0 radical (unpaired) electrons. The molecular formula is C21H26N2O3. The van der Waals surface area contributed by atoms with E-state index in [1.165, 1.54) is 23.8 Å². The van der Waals surface area contributed by atoms with Gasteiger partial charge < -0.3 is 15.4 Å². The lowest BCUT2D eigenvalue weighted by Crippen LogP contribution is -2.26. The third kappa shape index (κ3) is 5.62. The molecule has 0 fully saturated rings. The summed E-state index contributed by atoms with van der Waals surface area (Å²) in [7, 11) is 1.53. The molecule has 2 N–H and O–H groups in total. The molecule has 0 aliphatic carbocycles. The number of amides is 2. The van der Waals surface area contributed by atoms with Crippen LogP contribution in [0.15, 0.2) is 36.4 Å². The minimum Gasteiger partial charge on any atom is -0.495 e. The molecule has 0 aliphatic rings. The van der Waals surface area contributed by atoms with E-state index in [2.05, 4.69) is 42.7 Å². The van der Waals surface area contributed by atoms with Crippen molar-refractivity contribution in [3.63, 3.8) is 0 Å². The highest BCUT2D eigenvalue weighted by Gasteiger charge is 2.08. The van der Waals surface area contributed by atoms with Crippen LogP contribution in [-0.2, 0) is 22.4 Å². The number of carbonyl (C=O) groups excluding carboxylic acids is 2. The fourth-order valence-electron chi connectivity index (χ4n) is 2.76. The molecule has 0 heterocycles. The maximum atomic E-state index is 12.1. The highest BCUT2D eigenvalue weighted by molar-refractivity contribution is 5.80. The predicted molar refractivity (Wildman–Crippen MR) is 104 cm³/mol. The Bertz CT molecular complexity index is 772. The number of rotatable bonds is 9. The van der Waals surface area contributed by atoms with E-state index in [4.69, 9.17) is 4.74 Å². The van der Waals surface area contributed by atoms with Gasteiger partial charge in [-0.05, 0) is 61.1 Å². The Labute approximate surface area is 154 Å². The molecule has 0 spiro atoms. The zero-order valence-corrected chi connectivity index (χ0v) is 15.6. The normalized spacial score (nSPS) is 10.3. The summed E-state index contributed by atoms with van der Waals surface area (Å²) in [6.45, 7) is 4.87. The summed E-state index contributed by atoms with van der Waals surface area (Å²) in [6, 6.07) is 11.8. The van der Waals surface area contributed by atoms with Crippen LogP contribution in [-0.4, -0.2) is 26.0 Å². The first-order valence-electron chi connectivity index (χ1n) is 8.73. The van der Waals surface area contributed by atoms with Gasteiger partial charge in [0.15, 0.2) is 0 Å². The molecule has 138 valence electrons. The second kappa shape index (κ2) is 9.61. The Hall–Kier alpha value is -2.82. The van der Waals surface area contributed by atoms with Crippen LogP contribution in [0.1, 0.15) is 28.7 Å². The smallest absolute Gasteiger partial charge is 0.224 e. The summed E-state index contributed by atoms with van der Waals surface area (Å²) in [6.07, 6.45) is 2.72. The van der Waals surface area contributed by atoms with Gasteiger partial charge in [0.1, 0.15) is 5.75 Å². The SMILES string of the molecule is COc1cc(CC(=O)NCCCc2ccc(C)c(C)c2)ccc1NC=O. The van der Waals surface area contributed by atoms with Gasteiger partial charge in [-0.2, -0.15) is 0 Å². The quantitative estimate of drug-likeness (QED) is 0.537. The first-order valence-corrected chi connectivity index (χ1v) is 8.73. The molecule has 5 heteroatoms. The summed E-state index contributed by atoms with van der Waals surface area (Å²) >= 11 is 0. The van der Waals surface area contributed by atoms with Crippen molar-refractivity contribution in [1.82, 2.24) is 5.32 Å². The third-order valence-corrected chi connectivity index (χ3v) is 4.38. The zero-order chi connectivity index (χ0) is 18.9. The summed E-state index contributed by atoms with van der Waals surface area (Å²) in [5.74, 6) is 0.514. The Balaban J connectivity index is 1.79. The largest absolute Gasteiger partial charge is 0.495 e. The molecule has 0 bridgehead atoms. The molecule has 0 saturated heterocycles. The second-order valence-electron chi connectivity index (χ2n) is 6.35. The van der Waals surface area contributed by atoms with Crippen LogP contribution in [0.25, 0.3) is 0 Å². The van der Waals surface area contributed by atoms with Gasteiger partial charge in [-0.15, -0.1) is 0 Å². The number of hydrogen-bond acceptors (Lipinski definition) is 3. The Morgan fingerprint density at radius 3 is 2.54 bits per heavy atom. The third-order valence-electron chi connectivity index (χ3n) is 4.38. The van der Waals surface area contributed by atoms with E-state index in [-0.39, 0.29) is 12.3 Å². The fraction of sp³-hybridized carbons (Fsp3) is 0.333. The fourth-order valence-corrected chi connectivity index (χ4v) is 2.76. The van der Waals surface area contributed by atoms with Crippen LogP contribution in [0, 0.1) is 13.8 Å². The van der Waals surface area contributed by atoms with Gasteiger partial charge in [0, 0.05) is 6.54 Å². The first kappa shape index (κ1) is 19.5. The summed E-state index contributed by atoms with van der Waals surface area (Å²) < 4.78 is 5.23. The average Bonchev–Trinajstić information content (AvgIpc) is 2.63. The van der Waals surface area contributed by atoms with E-state index in [0.29, 0.717) is 24.4 Å². The molecular weight excluding hydrogens is 328 g/mol. The van der Waals surface area contributed by atoms with E-state index < -0.39 is 0 Å². The molecule has 0 unspecified atom stereocenters. The van der Waals surface area contributed by atoms with Gasteiger partial charge in [0.25, 0.3) is 0 Å².